The van der Waals surface area contributed by atoms with E-state index in [0.717, 1.165) is 30.7 Å². The monoisotopic (exact) mass is 291 g/mol. The molecule has 0 amide bonds. The van der Waals surface area contributed by atoms with Gasteiger partial charge in [0, 0.05) is 19.6 Å². The van der Waals surface area contributed by atoms with Crippen molar-refractivity contribution in [3.05, 3.63) is 0 Å². The lowest BCUT2D eigenvalue weighted by Gasteiger charge is -2.41. The third-order valence-corrected chi connectivity index (χ3v) is 3.68. The SMILES string of the molecule is CCC[N+](CC)(CCC)C(=NCC)N(CC)CC.[Cl-]. The van der Waals surface area contributed by atoms with Gasteiger partial charge in [0.25, 0.3) is 5.96 Å². The number of aliphatic imine (C=N–C) groups is 1. The second kappa shape index (κ2) is 11.5. The van der Waals surface area contributed by atoms with Crippen LogP contribution in [0.15, 0.2) is 4.99 Å². The number of quaternary nitrogens is 1. The Morgan fingerprint density at radius 1 is 0.895 bits per heavy atom. The van der Waals surface area contributed by atoms with E-state index in [1.807, 2.05) is 0 Å². The van der Waals surface area contributed by atoms with E-state index in [2.05, 4.69) is 46.4 Å². The van der Waals surface area contributed by atoms with Gasteiger partial charge in [0.05, 0.1) is 19.6 Å². The molecule has 0 spiro atoms. The van der Waals surface area contributed by atoms with Crippen LogP contribution in [0.4, 0.5) is 0 Å². The Balaban J connectivity index is 0. The van der Waals surface area contributed by atoms with E-state index in [9.17, 15) is 0 Å². The Bertz CT molecular complexity index is 232. The van der Waals surface area contributed by atoms with Gasteiger partial charge in [0.15, 0.2) is 0 Å². The zero-order valence-electron chi connectivity index (χ0n) is 13.9. The van der Waals surface area contributed by atoms with Crippen molar-refractivity contribution in [2.45, 2.75) is 54.4 Å². The molecule has 4 heteroatoms. The van der Waals surface area contributed by atoms with E-state index in [1.165, 1.54) is 31.9 Å². The third-order valence-electron chi connectivity index (χ3n) is 3.68. The van der Waals surface area contributed by atoms with Gasteiger partial charge in [-0.1, -0.05) is 13.8 Å². The Morgan fingerprint density at radius 3 is 1.63 bits per heavy atom. The molecule has 3 nitrogen and oxygen atoms in total. The first-order chi connectivity index (χ1) is 8.65. The highest BCUT2D eigenvalue weighted by atomic mass is 35.5. The molecule has 0 saturated heterocycles. The lowest BCUT2D eigenvalue weighted by molar-refractivity contribution is -0.845. The van der Waals surface area contributed by atoms with Gasteiger partial charge in [0.1, 0.15) is 0 Å². The average Bonchev–Trinajstić information content (AvgIpc) is 2.38. The van der Waals surface area contributed by atoms with Gasteiger partial charge < -0.3 is 17.3 Å². The lowest BCUT2D eigenvalue weighted by Crippen LogP contribution is -3.00. The smallest absolute Gasteiger partial charge is 0.300 e. The molecule has 0 bridgehead atoms. The molecule has 0 radical (unpaired) electrons. The first kappa shape index (κ1) is 21.0. The summed E-state index contributed by atoms with van der Waals surface area (Å²) in [5, 5.41) is 0. The van der Waals surface area contributed by atoms with Gasteiger partial charge >= 0.3 is 0 Å². The minimum Gasteiger partial charge on any atom is -1.00 e. The summed E-state index contributed by atoms with van der Waals surface area (Å²) in [6.07, 6.45) is 2.44. The van der Waals surface area contributed by atoms with E-state index in [1.54, 1.807) is 0 Å². The molecule has 0 aliphatic heterocycles. The van der Waals surface area contributed by atoms with Gasteiger partial charge in [0.2, 0.25) is 0 Å². The highest BCUT2D eigenvalue weighted by Crippen LogP contribution is 2.15. The molecule has 0 aromatic rings. The number of guanidine groups is 1. The van der Waals surface area contributed by atoms with Gasteiger partial charge in [-0.05, 0) is 40.5 Å². The first-order valence-corrected chi connectivity index (χ1v) is 7.81. The summed E-state index contributed by atoms with van der Waals surface area (Å²) in [5.74, 6) is 1.31. The fourth-order valence-electron chi connectivity index (χ4n) is 2.82. The van der Waals surface area contributed by atoms with Crippen LogP contribution in [0.3, 0.4) is 0 Å². The standard InChI is InChI=1S/C15H34N3.ClH/c1-7-13-18(12-6,14-8-2)15(16-9-3)17(10-4)11-5;/h7-14H2,1-6H3;1H/q+1;/p-1. The van der Waals surface area contributed by atoms with E-state index in [0.29, 0.717) is 0 Å². The summed E-state index contributed by atoms with van der Waals surface area (Å²) in [4.78, 5) is 7.30. The van der Waals surface area contributed by atoms with E-state index in [4.69, 9.17) is 4.99 Å². The predicted octanol–water partition coefficient (Wildman–Crippen LogP) is 0.365. The second-order valence-corrected chi connectivity index (χ2v) is 4.86. The van der Waals surface area contributed by atoms with Crippen molar-refractivity contribution in [2.75, 3.05) is 39.3 Å². The van der Waals surface area contributed by atoms with E-state index in [-0.39, 0.29) is 12.4 Å². The zero-order chi connectivity index (χ0) is 14.0. The van der Waals surface area contributed by atoms with E-state index >= 15 is 0 Å². The Kier molecular flexibility index (Phi) is 12.8. The van der Waals surface area contributed by atoms with Crippen LogP contribution in [0.5, 0.6) is 0 Å². The Morgan fingerprint density at radius 2 is 1.37 bits per heavy atom. The molecule has 0 aromatic heterocycles. The van der Waals surface area contributed by atoms with Crippen LogP contribution in [0.2, 0.25) is 0 Å². The number of halogens is 1. The topological polar surface area (TPSA) is 15.6 Å². The molecule has 0 rings (SSSR count). The Labute approximate surface area is 127 Å². The molecular weight excluding hydrogens is 258 g/mol. The van der Waals surface area contributed by atoms with Crippen molar-refractivity contribution in [1.82, 2.24) is 4.90 Å². The van der Waals surface area contributed by atoms with Gasteiger partial charge in [-0.2, -0.15) is 0 Å². The quantitative estimate of drug-likeness (QED) is 0.358. The summed E-state index contributed by atoms with van der Waals surface area (Å²) >= 11 is 0. The summed E-state index contributed by atoms with van der Waals surface area (Å²) in [7, 11) is 0. The van der Waals surface area contributed by atoms with Crippen LogP contribution in [-0.2, 0) is 0 Å². The molecule has 0 aromatic carbocycles. The fourth-order valence-corrected chi connectivity index (χ4v) is 2.82. The third kappa shape index (κ3) is 5.70. The highest BCUT2D eigenvalue weighted by Gasteiger charge is 2.34. The van der Waals surface area contributed by atoms with Crippen LogP contribution in [-0.4, -0.2) is 54.6 Å². The summed E-state index contributed by atoms with van der Waals surface area (Å²) in [6, 6.07) is 0. The van der Waals surface area contributed by atoms with Crippen LogP contribution in [0.1, 0.15) is 54.4 Å². The number of hydrogen-bond donors (Lipinski definition) is 0. The van der Waals surface area contributed by atoms with Crippen LogP contribution in [0, 0.1) is 0 Å². The molecule has 0 atom stereocenters. The van der Waals surface area contributed by atoms with Gasteiger partial charge in [-0.3, -0.25) is 4.48 Å². The molecule has 0 fully saturated rings. The maximum absolute atomic E-state index is 4.86. The second-order valence-electron chi connectivity index (χ2n) is 4.86. The predicted molar refractivity (Wildman–Crippen MR) is 82.0 cm³/mol. The molecule has 116 valence electrons. The van der Waals surface area contributed by atoms with Crippen molar-refractivity contribution >= 4 is 5.96 Å². The average molecular weight is 292 g/mol. The van der Waals surface area contributed by atoms with E-state index < -0.39 is 0 Å². The molecule has 0 aliphatic rings. The lowest BCUT2D eigenvalue weighted by atomic mass is 10.2. The molecular formula is C15H34ClN3. The molecule has 0 unspecified atom stereocenters. The van der Waals surface area contributed by atoms with Gasteiger partial charge in [-0.25, -0.2) is 4.99 Å². The summed E-state index contributed by atoms with van der Waals surface area (Å²) in [6.45, 7) is 20.1. The molecule has 19 heavy (non-hydrogen) atoms. The van der Waals surface area contributed by atoms with Crippen LogP contribution < -0.4 is 12.4 Å². The van der Waals surface area contributed by atoms with Crippen molar-refractivity contribution in [2.24, 2.45) is 4.99 Å². The van der Waals surface area contributed by atoms with Crippen LogP contribution >= 0.6 is 0 Å². The van der Waals surface area contributed by atoms with Crippen molar-refractivity contribution in [1.29, 1.82) is 0 Å². The largest absolute Gasteiger partial charge is 1.00 e. The molecule has 0 N–H and O–H groups in total. The maximum Gasteiger partial charge on any atom is 0.300 e. The maximum atomic E-state index is 4.86. The number of hydrogen-bond acceptors (Lipinski definition) is 1. The summed E-state index contributed by atoms with van der Waals surface area (Å²) < 4.78 is 1.06. The Hall–Kier alpha value is -0.280. The molecule has 0 saturated carbocycles. The minimum absolute atomic E-state index is 0. The molecule has 0 aliphatic carbocycles. The molecule has 0 heterocycles. The first-order valence-electron chi connectivity index (χ1n) is 7.81. The van der Waals surface area contributed by atoms with Crippen molar-refractivity contribution in [3.8, 4) is 0 Å². The zero-order valence-corrected chi connectivity index (χ0v) is 14.6. The van der Waals surface area contributed by atoms with Gasteiger partial charge in [-0.15, -0.1) is 0 Å². The highest BCUT2D eigenvalue weighted by molar-refractivity contribution is 5.73. The summed E-state index contributed by atoms with van der Waals surface area (Å²) in [5.41, 5.74) is 0. The minimum atomic E-state index is 0. The number of nitrogens with zero attached hydrogens (tertiary/aromatic N) is 3. The fraction of sp³-hybridized carbons (Fsp3) is 0.933. The normalized spacial score (nSPS) is 12.2. The number of rotatable bonds is 8. The van der Waals surface area contributed by atoms with Crippen molar-refractivity contribution < 1.29 is 16.9 Å². The van der Waals surface area contributed by atoms with Crippen molar-refractivity contribution in [3.63, 3.8) is 0 Å². The van der Waals surface area contributed by atoms with Crippen LogP contribution in [0.25, 0.3) is 0 Å².